The van der Waals surface area contributed by atoms with Gasteiger partial charge in [0, 0.05) is 22.7 Å². The molecule has 2 aliphatic rings. The molecule has 1 aliphatic heterocycles. The summed E-state index contributed by atoms with van der Waals surface area (Å²) < 4.78 is 26.8. The summed E-state index contributed by atoms with van der Waals surface area (Å²) in [6.45, 7) is 2.18. The molecule has 1 saturated carbocycles. The summed E-state index contributed by atoms with van der Waals surface area (Å²) in [6.07, 6.45) is -3.63. The number of aliphatic hydroxyl groups excluding tert-OH is 3. The number of nitrogens with zero attached hydrogens (tertiary/aromatic N) is 3. The van der Waals surface area contributed by atoms with Crippen LogP contribution in [0.2, 0.25) is 0 Å². The second-order valence-corrected chi connectivity index (χ2v) is 14.2. The van der Waals surface area contributed by atoms with Crippen LogP contribution < -0.4 is 4.74 Å². The van der Waals surface area contributed by atoms with Crippen LogP contribution in [0, 0.1) is 12.7 Å². The van der Waals surface area contributed by atoms with Gasteiger partial charge in [0.2, 0.25) is 5.78 Å². The second-order valence-electron chi connectivity index (χ2n) is 13.0. The average Bonchev–Trinajstić information content (AvgIpc) is 3.71. The largest absolute Gasteiger partial charge is 0.488 e. The van der Waals surface area contributed by atoms with Gasteiger partial charge in [-0.1, -0.05) is 19.3 Å². The minimum Gasteiger partial charge on any atom is -0.488 e. The van der Waals surface area contributed by atoms with Crippen molar-refractivity contribution in [1.29, 1.82) is 0 Å². The Morgan fingerprint density at radius 2 is 1.65 bits per heavy atom. The third kappa shape index (κ3) is 6.54. The fourth-order valence-corrected chi connectivity index (χ4v) is 7.79. The summed E-state index contributed by atoms with van der Waals surface area (Å²) >= 11 is 1.51. The Morgan fingerprint density at radius 1 is 0.961 bits per heavy atom. The predicted octanol–water partition coefficient (Wildman–Crippen LogP) is 4.80. The van der Waals surface area contributed by atoms with E-state index in [9.17, 15) is 39.5 Å². The number of carboxylic acids is 1. The minimum absolute atomic E-state index is 0.135. The third-order valence-electron chi connectivity index (χ3n) is 9.56. The van der Waals surface area contributed by atoms with Gasteiger partial charge >= 0.3 is 5.97 Å². The van der Waals surface area contributed by atoms with Crippen molar-refractivity contribution in [2.24, 2.45) is 0 Å². The maximum Gasteiger partial charge on any atom is 0.335 e. The Hall–Kier alpha value is -4.57. The van der Waals surface area contributed by atoms with Crippen molar-refractivity contribution in [3.8, 4) is 28.4 Å². The smallest absolute Gasteiger partial charge is 0.335 e. The van der Waals surface area contributed by atoms with Crippen LogP contribution in [0.4, 0.5) is 4.39 Å². The van der Waals surface area contributed by atoms with E-state index in [4.69, 9.17) is 14.5 Å². The number of halogens is 1. The van der Waals surface area contributed by atoms with E-state index in [-0.39, 0.29) is 24.0 Å². The van der Waals surface area contributed by atoms with Gasteiger partial charge in [0.05, 0.1) is 26.6 Å². The molecule has 12 nitrogen and oxygen atoms in total. The van der Waals surface area contributed by atoms with E-state index < -0.39 is 42.0 Å². The summed E-state index contributed by atoms with van der Waals surface area (Å²) in [5.74, 6) is -5.10. The highest BCUT2D eigenvalue weighted by Crippen LogP contribution is 2.38. The number of carbonyl (C=O) groups excluding carboxylic acids is 1. The second kappa shape index (κ2) is 13.9. The van der Waals surface area contributed by atoms with Crippen molar-refractivity contribution in [2.75, 3.05) is 0 Å². The first-order chi connectivity index (χ1) is 24.4. The Bertz CT molecular complexity index is 2080. The van der Waals surface area contributed by atoms with Crippen molar-refractivity contribution in [1.82, 2.24) is 14.5 Å². The Labute approximate surface area is 295 Å². The summed E-state index contributed by atoms with van der Waals surface area (Å²) in [6, 6.07) is 18.3. The van der Waals surface area contributed by atoms with E-state index >= 15 is 0 Å². The van der Waals surface area contributed by atoms with Crippen molar-refractivity contribution in [3.05, 3.63) is 88.0 Å². The van der Waals surface area contributed by atoms with E-state index in [2.05, 4.69) is 9.55 Å². The van der Waals surface area contributed by atoms with Gasteiger partial charge in [-0.2, -0.15) is 0 Å². The zero-order valence-electron chi connectivity index (χ0n) is 27.5. The van der Waals surface area contributed by atoms with Gasteiger partial charge in [0.15, 0.2) is 6.10 Å². The van der Waals surface area contributed by atoms with Crippen molar-refractivity contribution in [2.45, 2.75) is 81.9 Å². The lowest BCUT2D eigenvalue weighted by atomic mass is 9.87. The standard InChI is InChI=1S/C37H36FN3O9S/c1-19-39-29(20-7-12-23(38)13-8-20)28(51-19)18-49-25-14-9-21(10-15-25)35-40-26-17-22(11-16-27(26)41(35)24-5-3-2-4-6-24)33(44)37(48)34(45)31(43)30(42)32(50-37)36(46)47/h7-17,24,30-32,34,42-43,45,48H,2-6,18H2,1H3,(H,46,47)/t30-,31-,32-,34+,37+/m0/s1. The molecule has 14 heteroatoms. The van der Waals surface area contributed by atoms with Gasteiger partial charge in [-0.15, -0.1) is 11.3 Å². The number of hydrogen-bond donors (Lipinski definition) is 5. The number of aliphatic hydroxyl groups is 4. The number of rotatable bonds is 9. The Kier molecular flexibility index (Phi) is 9.48. The van der Waals surface area contributed by atoms with Gasteiger partial charge in [0.25, 0.3) is 5.79 Å². The SMILES string of the molecule is Cc1nc(-c2ccc(F)cc2)c(COc2ccc(-c3nc4cc(C(=O)[C@@]5(O)O[C@H](C(=O)O)[C@@H](O)[C@H](O)[C@H]5O)ccc4n3C3CCCCC3)cc2)s1. The molecule has 2 fully saturated rings. The summed E-state index contributed by atoms with van der Waals surface area (Å²) in [5.41, 5.74) is 3.36. The van der Waals surface area contributed by atoms with Crippen LogP contribution in [-0.4, -0.2) is 82.0 Å². The molecule has 0 unspecified atom stereocenters. The van der Waals surface area contributed by atoms with Gasteiger partial charge in [-0.25, -0.2) is 19.2 Å². The average molecular weight is 718 g/mol. The molecule has 5 atom stereocenters. The van der Waals surface area contributed by atoms with Crippen LogP contribution in [0.15, 0.2) is 66.7 Å². The number of carboxylic acid groups (broad SMARTS) is 1. The Balaban J connectivity index is 1.18. The quantitative estimate of drug-likeness (QED) is 0.132. The molecule has 5 N–H and O–H groups in total. The predicted molar refractivity (Wildman–Crippen MR) is 184 cm³/mol. The molecule has 3 heterocycles. The topological polar surface area (TPSA) is 184 Å². The molecule has 3 aromatic carbocycles. The number of imidazole rings is 1. The number of ketones is 1. The molecule has 2 aromatic heterocycles. The van der Waals surface area contributed by atoms with Gasteiger partial charge in [0.1, 0.15) is 42.3 Å². The molecule has 0 bridgehead atoms. The molecule has 266 valence electrons. The lowest BCUT2D eigenvalue weighted by molar-refractivity contribution is -0.314. The van der Waals surface area contributed by atoms with E-state index in [1.165, 1.54) is 35.6 Å². The highest BCUT2D eigenvalue weighted by atomic mass is 32.1. The number of carbonyl (C=O) groups is 2. The number of thiazole rings is 1. The number of aryl methyl sites for hydroxylation is 1. The van der Waals surface area contributed by atoms with E-state index in [1.54, 1.807) is 18.2 Å². The molecule has 1 aliphatic carbocycles. The van der Waals surface area contributed by atoms with Crippen LogP contribution in [0.5, 0.6) is 5.75 Å². The molecule has 0 amide bonds. The van der Waals surface area contributed by atoms with Gasteiger partial charge in [-0.05, 0) is 86.5 Å². The van der Waals surface area contributed by atoms with E-state index in [0.29, 0.717) is 17.1 Å². The zero-order valence-corrected chi connectivity index (χ0v) is 28.3. The minimum atomic E-state index is -3.14. The number of hydrogen-bond acceptors (Lipinski definition) is 11. The highest BCUT2D eigenvalue weighted by molar-refractivity contribution is 7.12. The number of Topliss-reactive ketones (excluding diaryl/α,β-unsaturated/α-hetero) is 1. The normalized spacial score (nSPS) is 24.1. The maximum absolute atomic E-state index is 13.6. The molecular weight excluding hydrogens is 681 g/mol. The lowest BCUT2D eigenvalue weighted by Crippen LogP contribution is -2.68. The summed E-state index contributed by atoms with van der Waals surface area (Å²) in [5, 5.41) is 52.3. The first-order valence-electron chi connectivity index (χ1n) is 16.6. The fourth-order valence-electron chi connectivity index (χ4n) is 6.92. The number of aromatic nitrogens is 3. The van der Waals surface area contributed by atoms with Crippen LogP contribution >= 0.6 is 11.3 Å². The van der Waals surface area contributed by atoms with E-state index in [0.717, 1.165) is 64.3 Å². The molecule has 51 heavy (non-hydrogen) atoms. The van der Waals surface area contributed by atoms with Crippen LogP contribution in [0.1, 0.15) is 58.4 Å². The fraction of sp³-hybridized carbons (Fsp3) is 0.351. The van der Waals surface area contributed by atoms with Crippen molar-refractivity contribution in [3.63, 3.8) is 0 Å². The number of benzene rings is 3. The molecule has 7 rings (SSSR count). The molecule has 1 saturated heterocycles. The zero-order chi connectivity index (χ0) is 36.0. The van der Waals surface area contributed by atoms with Crippen LogP contribution in [0.3, 0.4) is 0 Å². The van der Waals surface area contributed by atoms with Crippen LogP contribution in [0.25, 0.3) is 33.7 Å². The number of ether oxygens (including phenoxy) is 2. The molecule has 5 aromatic rings. The first-order valence-corrected chi connectivity index (χ1v) is 17.5. The summed E-state index contributed by atoms with van der Waals surface area (Å²) in [7, 11) is 0. The monoisotopic (exact) mass is 717 g/mol. The summed E-state index contributed by atoms with van der Waals surface area (Å²) in [4.78, 5) is 35.7. The van der Waals surface area contributed by atoms with Gasteiger partial charge in [-0.3, -0.25) is 4.79 Å². The highest BCUT2D eigenvalue weighted by Gasteiger charge is 2.59. The number of aliphatic carboxylic acids is 1. The lowest BCUT2D eigenvalue weighted by Gasteiger charge is -2.43. The molecule has 0 radical (unpaired) electrons. The van der Waals surface area contributed by atoms with Crippen LogP contribution in [-0.2, 0) is 16.1 Å². The molecule has 0 spiro atoms. The van der Waals surface area contributed by atoms with E-state index in [1.807, 2.05) is 31.2 Å². The molecular formula is C37H36FN3O9S. The number of fused-ring (bicyclic) bond motifs is 1. The van der Waals surface area contributed by atoms with Crippen molar-refractivity contribution < 1.29 is 49.0 Å². The maximum atomic E-state index is 13.6. The van der Waals surface area contributed by atoms with Gasteiger partial charge < -0.3 is 39.6 Å². The first kappa shape index (κ1) is 34.9. The van der Waals surface area contributed by atoms with Crippen molar-refractivity contribution >= 4 is 34.1 Å². The third-order valence-corrected chi connectivity index (χ3v) is 10.5. The Morgan fingerprint density at radius 3 is 2.33 bits per heavy atom.